The number of likely N-dealkylation sites (tertiary alicyclic amines) is 1. The SMILES string of the molecule is C=CC(=O)Nc1cc(OCCN2CCCC2)ccc1Nc1cc(N(C(=O)Nc2c(Cl)c(OC)cc(OC)c2Cl)C2CC2)ncn1. The summed E-state index contributed by atoms with van der Waals surface area (Å²) in [5.41, 5.74) is 1.20. The van der Waals surface area contributed by atoms with Crippen molar-refractivity contribution in [3.8, 4) is 17.2 Å². The fourth-order valence-electron chi connectivity index (χ4n) is 4.95. The Kier molecular flexibility index (Phi) is 10.5. The highest BCUT2D eigenvalue weighted by atomic mass is 35.5. The molecule has 0 bridgehead atoms. The van der Waals surface area contributed by atoms with Crippen LogP contribution in [0.2, 0.25) is 10.0 Å². The van der Waals surface area contributed by atoms with Crippen LogP contribution in [0.1, 0.15) is 25.7 Å². The minimum absolute atomic E-state index is 0.0859. The monoisotopic (exact) mass is 655 g/mol. The second-order valence-electron chi connectivity index (χ2n) is 10.5. The van der Waals surface area contributed by atoms with Gasteiger partial charge in [-0.2, -0.15) is 0 Å². The summed E-state index contributed by atoms with van der Waals surface area (Å²) >= 11 is 13.0. The molecule has 1 aliphatic carbocycles. The lowest BCUT2D eigenvalue weighted by Crippen LogP contribution is -2.37. The number of amides is 3. The molecule has 0 atom stereocenters. The van der Waals surface area contributed by atoms with Gasteiger partial charge in [-0.1, -0.05) is 29.8 Å². The topological polar surface area (TPSA) is 130 Å². The molecule has 3 amide bonds. The zero-order valence-electron chi connectivity index (χ0n) is 25.1. The van der Waals surface area contributed by atoms with Crippen LogP contribution in [0.3, 0.4) is 0 Å². The van der Waals surface area contributed by atoms with Crippen LogP contribution >= 0.6 is 23.2 Å². The molecule has 1 aromatic heterocycles. The molecular formula is C31H35Cl2N7O5. The van der Waals surface area contributed by atoms with Crippen LogP contribution in [0.15, 0.2) is 49.3 Å². The van der Waals surface area contributed by atoms with Crippen LogP contribution in [0, 0.1) is 0 Å². The molecule has 3 N–H and O–H groups in total. The molecule has 238 valence electrons. The van der Waals surface area contributed by atoms with E-state index in [9.17, 15) is 9.59 Å². The third-order valence-electron chi connectivity index (χ3n) is 7.41. The number of carbonyl (C=O) groups excluding carboxylic acids is 2. The number of nitrogens with one attached hydrogen (secondary N) is 3. The molecule has 45 heavy (non-hydrogen) atoms. The second kappa shape index (κ2) is 14.7. The quantitative estimate of drug-likeness (QED) is 0.180. The highest BCUT2D eigenvalue weighted by Crippen LogP contribution is 2.44. The summed E-state index contributed by atoms with van der Waals surface area (Å²) in [4.78, 5) is 38.5. The Morgan fingerprint density at radius 1 is 1.02 bits per heavy atom. The van der Waals surface area contributed by atoms with Crippen molar-refractivity contribution in [2.75, 3.05) is 61.3 Å². The maximum Gasteiger partial charge on any atom is 0.327 e. The summed E-state index contributed by atoms with van der Waals surface area (Å²) in [6.07, 6.45) is 6.56. The summed E-state index contributed by atoms with van der Waals surface area (Å²) in [6, 6.07) is 7.96. The molecule has 1 aliphatic heterocycles. The smallest absolute Gasteiger partial charge is 0.327 e. The van der Waals surface area contributed by atoms with E-state index in [4.69, 9.17) is 37.4 Å². The predicted molar refractivity (Wildman–Crippen MR) is 176 cm³/mol. The Labute approximate surface area is 271 Å². The molecule has 2 aliphatic rings. The van der Waals surface area contributed by atoms with E-state index in [1.165, 1.54) is 44.4 Å². The molecule has 14 heteroatoms. The second-order valence-corrected chi connectivity index (χ2v) is 11.3. The molecule has 1 saturated carbocycles. The van der Waals surface area contributed by atoms with E-state index in [1.807, 2.05) is 6.07 Å². The maximum absolute atomic E-state index is 13.6. The van der Waals surface area contributed by atoms with Gasteiger partial charge in [-0.05, 0) is 57.0 Å². The third kappa shape index (κ3) is 7.88. The summed E-state index contributed by atoms with van der Waals surface area (Å²) in [7, 11) is 2.91. The largest absolute Gasteiger partial charge is 0.495 e. The molecule has 0 spiro atoms. The first-order valence-electron chi connectivity index (χ1n) is 14.5. The zero-order valence-corrected chi connectivity index (χ0v) is 26.6. The van der Waals surface area contributed by atoms with E-state index in [0.717, 1.165) is 32.5 Å². The number of benzene rings is 2. The number of carbonyl (C=O) groups is 2. The van der Waals surface area contributed by atoms with Crippen LogP contribution in [0.4, 0.5) is 33.5 Å². The molecule has 12 nitrogen and oxygen atoms in total. The Morgan fingerprint density at radius 3 is 2.38 bits per heavy atom. The van der Waals surface area contributed by atoms with Crippen molar-refractivity contribution in [1.82, 2.24) is 14.9 Å². The average molecular weight is 657 g/mol. The van der Waals surface area contributed by atoms with Crippen molar-refractivity contribution in [3.05, 3.63) is 59.4 Å². The van der Waals surface area contributed by atoms with E-state index >= 15 is 0 Å². The van der Waals surface area contributed by atoms with Gasteiger partial charge in [-0.25, -0.2) is 14.8 Å². The highest BCUT2D eigenvalue weighted by Gasteiger charge is 2.36. The number of methoxy groups -OCH3 is 2. The number of hydrogen-bond acceptors (Lipinski definition) is 9. The summed E-state index contributed by atoms with van der Waals surface area (Å²) in [5.74, 6) is 1.58. The van der Waals surface area contributed by atoms with E-state index in [0.29, 0.717) is 46.9 Å². The molecule has 1 saturated heterocycles. The van der Waals surface area contributed by atoms with Gasteiger partial charge in [-0.15, -0.1) is 0 Å². The lowest BCUT2D eigenvalue weighted by atomic mass is 10.2. The Morgan fingerprint density at radius 2 is 1.73 bits per heavy atom. The summed E-state index contributed by atoms with van der Waals surface area (Å²) in [5, 5.41) is 9.12. The van der Waals surface area contributed by atoms with Crippen molar-refractivity contribution in [2.24, 2.45) is 0 Å². The lowest BCUT2D eigenvalue weighted by Gasteiger charge is -2.24. The van der Waals surface area contributed by atoms with E-state index in [-0.39, 0.29) is 27.7 Å². The normalized spacial score (nSPS) is 14.4. The summed E-state index contributed by atoms with van der Waals surface area (Å²) in [6.45, 7) is 7.11. The van der Waals surface area contributed by atoms with Crippen molar-refractivity contribution in [3.63, 3.8) is 0 Å². The lowest BCUT2D eigenvalue weighted by molar-refractivity contribution is -0.111. The van der Waals surface area contributed by atoms with Crippen LogP contribution in [0.25, 0.3) is 0 Å². The van der Waals surface area contributed by atoms with Gasteiger partial charge in [0.1, 0.15) is 51.9 Å². The molecule has 2 fully saturated rings. The number of halogens is 2. The van der Waals surface area contributed by atoms with Crippen LogP contribution in [-0.2, 0) is 4.79 Å². The molecule has 5 rings (SSSR count). The fraction of sp³-hybridized carbons (Fsp3) is 0.355. The van der Waals surface area contributed by atoms with Crippen molar-refractivity contribution < 1.29 is 23.8 Å². The van der Waals surface area contributed by atoms with Crippen LogP contribution < -0.4 is 35.1 Å². The van der Waals surface area contributed by atoms with E-state index < -0.39 is 6.03 Å². The minimum Gasteiger partial charge on any atom is -0.495 e. The van der Waals surface area contributed by atoms with Crippen LogP contribution in [-0.4, -0.2) is 73.3 Å². The molecule has 3 aromatic rings. The standard InChI is InChI=1S/C31H35Cl2N7O5/c1-4-27(41)37-22-15-20(45-14-13-39-11-5-6-12-39)9-10-21(22)36-25-17-26(35-18-34-25)40(19-7-8-19)31(42)38-30-28(32)23(43-2)16-24(44-3)29(30)33/h4,9-10,15-19H,1,5-8,11-14H2,2-3H3,(H,37,41)(H,38,42)(H,34,35,36). The Bertz CT molecular complexity index is 1540. The maximum atomic E-state index is 13.6. The molecular weight excluding hydrogens is 621 g/mol. The van der Waals surface area contributed by atoms with Gasteiger partial charge in [-0.3, -0.25) is 14.6 Å². The van der Waals surface area contributed by atoms with Crippen molar-refractivity contribution in [2.45, 2.75) is 31.7 Å². The van der Waals surface area contributed by atoms with E-state index in [1.54, 1.807) is 24.3 Å². The van der Waals surface area contributed by atoms with Gasteiger partial charge >= 0.3 is 6.03 Å². The van der Waals surface area contributed by atoms with Gasteiger partial charge in [0.2, 0.25) is 5.91 Å². The number of anilines is 5. The number of nitrogens with zero attached hydrogens (tertiary/aromatic N) is 4. The minimum atomic E-state index is -0.490. The van der Waals surface area contributed by atoms with Gasteiger partial charge in [0, 0.05) is 30.8 Å². The van der Waals surface area contributed by atoms with Crippen molar-refractivity contribution in [1.29, 1.82) is 0 Å². The molecule has 2 heterocycles. The van der Waals surface area contributed by atoms with Gasteiger partial charge in [0.05, 0.1) is 31.3 Å². The molecule has 2 aromatic carbocycles. The average Bonchev–Trinajstić information content (AvgIpc) is 3.73. The first kappa shape index (κ1) is 32.1. The van der Waals surface area contributed by atoms with Gasteiger partial charge < -0.3 is 30.2 Å². The predicted octanol–water partition coefficient (Wildman–Crippen LogP) is 6.34. The zero-order chi connectivity index (χ0) is 31.9. The van der Waals surface area contributed by atoms with Crippen LogP contribution in [0.5, 0.6) is 17.2 Å². The summed E-state index contributed by atoms with van der Waals surface area (Å²) < 4.78 is 16.6. The molecule has 0 unspecified atom stereocenters. The third-order valence-corrected chi connectivity index (χ3v) is 8.16. The first-order valence-corrected chi connectivity index (χ1v) is 15.3. The number of rotatable bonds is 13. The fourth-order valence-corrected chi connectivity index (χ4v) is 5.54. The number of aromatic nitrogens is 2. The van der Waals surface area contributed by atoms with Gasteiger partial charge in [0.25, 0.3) is 0 Å². The number of ether oxygens (including phenoxy) is 3. The Balaban J connectivity index is 1.35. The Hall–Kier alpha value is -4.26. The highest BCUT2D eigenvalue weighted by molar-refractivity contribution is 6.41. The van der Waals surface area contributed by atoms with Gasteiger partial charge in [0.15, 0.2) is 0 Å². The number of hydrogen-bond donors (Lipinski definition) is 3. The van der Waals surface area contributed by atoms with Crippen molar-refractivity contribution >= 4 is 63.8 Å². The van der Waals surface area contributed by atoms with E-state index in [2.05, 4.69) is 37.4 Å². The molecule has 0 radical (unpaired) electrons. The number of urea groups is 1. The first-order chi connectivity index (χ1) is 21.8.